The number of rotatable bonds is 5. The lowest BCUT2D eigenvalue weighted by Gasteiger charge is -2.25. The number of hydrogen-bond donors (Lipinski definition) is 2. The predicted octanol–water partition coefficient (Wildman–Crippen LogP) is 1.51. The zero-order chi connectivity index (χ0) is 18.0. The number of fused-ring (bicyclic) bond motifs is 1. The topological polar surface area (TPSA) is 88.9 Å². The van der Waals surface area contributed by atoms with Gasteiger partial charge in [0, 0.05) is 12.6 Å². The molecule has 0 radical (unpaired) electrons. The van der Waals surface area contributed by atoms with E-state index in [1.54, 1.807) is 12.1 Å². The van der Waals surface area contributed by atoms with Crippen LogP contribution in [-0.2, 0) is 13.1 Å². The van der Waals surface area contributed by atoms with Gasteiger partial charge in [0.15, 0.2) is 11.4 Å². The van der Waals surface area contributed by atoms with Crippen molar-refractivity contribution >= 4 is 11.8 Å². The van der Waals surface area contributed by atoms with Gasteiger partial charge in [-0.15, -0.1) is 5.10 Å². The van der Waals surface area contributed by atoms with Crippen molar-refractivity contribution in [2.24, 2.45) is 5.92 Å². The third-order valence-electron chi connectivity index (χ3n) is 3.99. The Kier molecular flexibility index (Phi) is 4.78. The molecule has 2 heterocycles. The molecule has 0 saturated carbocycles. The van der Waals surface area contributed by atoms with Crippen LogP contribution >= 0.6 is 0 Å². The maximum atomic E-state index is 13.2. The molecule has 1 aliphatic rings. The Morgan fingerprint density at radius 2 is 2.28 bits per heavy atom. The number of nitrogens with one attached hydrogen (secondary N) is 2. The summed E-state index contributed by atoms with van der Waals surface area (Å²) in [6.07, 6.45) is 0.826. The van der Waals surface area contributed by atoms with E-state index < -0.39 is 5.91 Å². The van der Waals surface area contributed by atoms with E-state index in [4.69, 9.17) is 0 Å². The molecule has 3 rings (SSSR count). The molecule has 1 aromatic heterocycles. The van der Waals surface area contributed by atoms with Crippen molar-refractivity contribution in [3.63, 3.8) is 0 Å². The molecule has 0 spiro atoms. The average molecular weight is 345 g/mol. The Labute approximate surface area is 144 Å². The molecule has 7 nitrogen and oxygen atoms in total. The molecule has 2 amide bonds. The first-order valence-corrected chi connectivity index (χ1v) is 8.21. The van der Waals surface area contributed by atoms with Gasteiger partial charge in [-0.25, -0.2) is 9.07 Å². The minimum Gasteiger partial charge on any atom is -0.346 e. The molecule has 0 bridgehead atoms. The average Bonchev–Trinajstić information content (AvgIpc) is 2.96. The lowest BCUT2D eigenvalue weighted by Crippen LogP contribution is -2.46. The maximum absolute atomic E-state index is 13.2. The lowest BCUT2D eigenvalue weighted by atomic mass is 10.0. The fourth-order valence-corrected chi connectivity index (χ4v) is 2.94. The maximum Gasteiger partial charge on any atom is 0.274 e. The Morgan fingerprint density at radius 3 is 3.00 bits per heavy atom. The molecule has 132 valence electrons. The summed E-state index contributed by atoms with van der Waals surface area (Å²) in [6, 6.07) is 5.92. The molecule has 1 atom stereocenters. The minimum atomic E-state index is -0.511. The summed E-state index contributed by atoms with van der Waals surface area (Å²) >= 11 is 0. The summed E-state index contributed by atoms with van der Waals surface area (Å²) in [6.45, 7) is 4.78. The summed E-state index contributed by atoms with van der Waals surface area (Å²) in [4.78, 5) is 24.7. The van der Waals surface area contributed by atoms with Gasteiger partial charge < -0.3 is 10.6 Å². The normalized spacial score (nSPS) is 16.5. The van der Waals surface area contributed by atoms with Crippen molar-refractivity contribution in [3.05, 3.63) is 47.0 Å². The molecule has 0 aliphatic carbocycles. The smallest absolute Gasteiger partial charge is 0.274 e. The van der Waals surface area contributed by atoms with Gasteiger partial charge in [0.05, 0.1) is 6.54 Å². The number of carbonyl (C=O) groups excluding carboxylic acids is 2. The van der Waals surface area contributed by atoms with E-state index in [1.807, 2.05) is 0 Å². The number of aromatic nitrogens is 3. The number of nitrogens with zero attached hydrogens (tertiary/aromatic N) is 3. The third kappa shape index (κ3) is 3.84. The summed E-state index contributed by atoms with van der Waals surface area (Å²) in [7, 11) is 0. The molecule has 25 heavy (non-hydrogen) atoms. The molecule has 2 aromatic rings. The molecule has 8 heteroatoms. The second-order valence-electron chi connectivity index (χ2n) is 6.58. The highest BCUT2D eigenvalue weighted by Crippen LogP contribution is 2.16. The van der Waals surface area contributed by atoms with Gasteiger partial charge in [-0.3, -0.25) is 9.59 Å². The van der Waals surface area contributed by atoms with E-state index in [2.05, 4.69) is 34.8 Å². The summed E-state index contributed by atoms with van der Waals surface area (Å²) in [5, 5.41) is 13.3. The highest BCUT2D eigenvalue weighted by Gasteiger charge is 2.32. The van der Waals surface area contributed by atoms with Crippen LogP contribution in [0.4, 0.5) is 4.39 Å². The van der Waals surface area contributed by atoms with Gasteiger partial charge in [-0.1, -0.05) is 31.2 Å². The quantitative estimate of drug-likeness (QED) is 0.860. The lowest BCUT2D eigenvalue weighted by molar-refractivity contribution is 0.0870. The van der Waals surface area contributed by atoms with Crippen molar-refractivity contribution < 1.29 is 14.0 Å². The Morgan fingerprint density at radius 1 is 1.48 bits per heavy atom. The van der Waals surface area contributed by atoms with Crippen LogP contribution < -0.4 is 10.6 Å². The zero-order valence-electron chi connectivity index (χ0n) is 14.1. The second-order valence-corrected chi connectivity index (χ2v) is 6.58. The summed E-state index contributed by atoms with van der Waals surface area (Å²) in [5.41, 5.74) is 0.768. The Bertz CT molecular complexity index is 802. The zero-order valence-corrected chi connectivity index (χ0v) is 14.1. The first kappa shape index (κ1) is 17.1. The van der Waals surface area contributed by atoms with E-state index in [1.165, 1.54) is 16.8 Å². The fraction of sp³-hybridized carbons (Fsp3) is 0.412. The van der Waals surface area contributed by atoms with E-state index in [9.17, 15) is 14.0 Å². The van der Waals surface area contributed by atoms with Crippen LogP contribution in [0.15, 0.2) is 24.3 Å². The molecule has 1 aromatic carbocycles. The van der Waals surface area contributed by atoms with Crippen molar-refractivity contribution in [2.45, 2.75) is 39.4 Å². The number of halogens is 1. The highest BCUT2D eigenvalue weighted by molar-refractivity contribution is 6.05. The van der Waals surface area contributed by atoms with Crippen LogP contribution in [0, 0.1) is 11.7 Å². The van der Waals surface area contributed by atoms with Crippen LogP contribution in [0.1, 0.15) is 46.8 Å². The van der Waals surface area contributed by atoms with Crippen LogP contribution in [0.5, 0.6) is 0 Å². The van der Waals surface area contributed by atoms with Crippen molar-refractivity contribution in [3.8, 4) is 0 Å². The molecule has 1 unspecified atom stereocenters. The molecule has 1 aliphatic heterocycles. The van der Waals surface area contributed by atoms with Crippen molar-refractivity contribution in [2.75, 3.05) is 0 Å². The Hall–Kier alpha value is -2.77. The van der Waals surface area contributed by atoms with Gasteiger partial charge >= 0.3 is 0 Å². The molecule has 0 fully saturated rings. The first-order valence-electron chi connectivity index (χ1n) is 8.21. The van der Waals surface area contributed by atoms with Crippen molar-refractivity contribution in [1.29, 1.82) is 0 Å². The number of hydrogen-bond acceptors (Lipinski definition) is 4. The van der Waals surface area contributed by atoms with Crippen LogP contribution in [0.3, 0.4) is 0 Å². The highest BCUT2D eigenvalue weighted by atomic mass is 19.1. The first-order chi connectivity index (χ1) is 11.9. The second kappa shape index (κ2) is 7.00. The number of benzene rings is 1. The molecule has 0 saturated heterocycles. The van der Waals surface area contributed by atoms with Gasteiger partial charge in [-0.2, -0.15) is 0 Å². The summed E-state index contributed by atoms with van der Waals surface area (Å²) < 4.78 is 14.7. The number of carbonyl (C=O) groups is 2. The summed E-state index contributed by atoms with van der Waals surface area (Å²) in [5.74, 6) is -0.798. The van der Waals surface area contributed by atoms with Crippen LogP contribution in [-0.4, -0.2) is 32.9 Å². The predicted molar refractivity (Wildman–Crippen MR) is 88.3 cm³/mol. The number of amides is 2. The standard InChI is InChI=1S/C17H20FN5O2/c1-10(2)6-13-9-23-15(17(25)20-13)14(21-22-23)16(24)19-8-11-4-3-5-12(18)7-11/h3-5,7,10,13H,6,8-9H2,1-2H3,(H,19,24)(H,20,25). The van der Waals surface area contributed by atoms with E-state index in [-0.39, 0.29) is 35.7 Å². The molecular formula is C17H20FN5O2. The van der Waals surface area contributed by atoms with Crippen LogP contribution in [0.25, 0.3) is 0 Å². The van der Waals surface area contributed by atoms with Crippen LogP contribution in [0.2, 0.25) is 0 Å². The van der Waals surface area contributed by atoms with Gasteiger partial charge in [0.25, 0.3) is 11.8 Å². The van der Waals surface area contributed by atoms with E-state index >= 15 is 0 Å². The molecule has 2 N–H and O–H groups in total. The Balaban J connectivity index is 1.71. The van der Waals surface area contributed by atoms with Gasteiger partial charge in [-0.05, 0) is 30.0 Å². The molecular weight excluding hydrogens is 325 g/mol. The van der Waals surface area contributed by atoms with Gasteiger partial charge in [0.1, 0.15) is 5.82 Å². The monoisotopic (exact) mass is 345 g/mol. The van der Waals surface area contributed by atoms with E-state index in [0.29, 0.717) is 18.0 Å². The SMILES string of the molecule is CC(C)CC1Cn2nnc(C(=O)NCc3cccc(F)c3)c2C(=O)N1. The third-order valence-corrected chi connectivity index (χ3v) is 3.99. The minimum absolute atomic E-state index is 0.0168. The largest absolute Gasteiger partial charge is 0.346 e. The van der Waals surface area contributed by atoms with E-state index in [0.717, 1.165) is 6.42 Å². The fourth-order valence-electron chi connectivity index (χ4n) is 2.94. The van der Waals surface area contributed by atoms with Crippen molar-refractivity contribution in [1.82, 2.24) is 25.6 Å². The van der Waals surface area contributed by atoms with Gasteiger partial charge in [0.2, 0.25) is 0 Å².